The van der Waals surface area contributed by atoms with E-state index in [2.05, 4.69) is 57.8 Å². The van der Waals surface area contributed by atoms with Crippen molar-refractivity contribution in [2.45, 2.75) is 73.5 Å². The zero-order valence-corrected chi connectivity index (χ0v) is 13.4. The van der Waals surface area contributed by atoms with Gasteiger partial charge in [0.05, 0.1) is 6.61 Å². The van der Waals surface area contributed by atoms with Crippen molar-refractivity contribution in [1.82, 2.24) is 4.90 Å². The second-order valence-electron chi connectivity index (χ2n) is 5.23. The van der Waals surface area contributed by atoms with Gasteiger partial charge in [-0.25, -0.2) is 4.79 Å². The normalized spacial score (nSPS) is 10.7. The van der Waals surface area contributed by atoms with Gasteiger partial charge in [-0.1, -0.05) is 6.58 Å². The van der Waals surface area contributed by atoms with Gasteiger partial charge in [0.2, 0.25) is 0 Å². The molecule has 0 radical (unpaired) electrons. The Kier molecular flexibility index (Phi) is 11.0. The fourth-order valence-electron chi connectivity index (χ4n) is 2.04. The van der Waals surface area contributed by atoms with E-state index in [0.717, 1.165) is 0 Å². The molecule has 0 aromatic rings. The van der Waals surface area contributed by atoms with Crippen LogP contribution in [0.15, 0.2) is 12.2 Å². The molecule has 0 aliphatic rings. The van der Waals surface area contributed by atoms with Crippen molar-refractivity contribution in [3.63, 3.8) is 0 Å². The number of carbonyl (C=O) groups is 1. The number of ether oxygens (including phenoxy) is 1. The van der Waals surface area contributed by atoms with Gasteiger partial charge in [0.1, 0.15) is 0 Å². The van der Waals surface area contributed by atoms with E-state index in [1.165, 1.54) is 0 Å². The van der Waals surface area contributed by atoms with Gasteiger partial charge in [0, 0.05) is 23.7 Å². The fourth-order valence-corrected chi connectivity index (χ4v) is 2.04. The molecule has 0 amide bonds. The molecule has 0 heterocycles. The van der Waals surface area contributed by atoms with Gasteiger partial charge in [0.15, 0.2) is 0 Å². The van der Waals surface area contributed by atoms with E-state index < -0.39 is 0 Å². The van der Waals surface area contributed by atoms with Crippen LogP contribution in [0.25, 0.3) is 0 Å². The Morgan fingerprint density at radius 1 is 1.06 bits per heavy atom. The number of hydrogen-bond donors (Lipinski definition) is 0. The minimum atomic E-state index is -0.312. The fraction of sp³-hybridized carbons (Fsp3) is 0.800. The molecular weight excluding hydrogens is 226 g/mol. The Morgan fingerprint density at radius 3 is 1.44 bits per heavy atom. The van der Waals surface area contributed by atoms with Crippen molar-refractivity contribution in [1.29, 1.82) is 0 Å². The second-order valence-corrected chi connectivity index (χ2v) is 5.23. The Bertz CT molecular complexity index is 226. The molecule has 108 valence electrons. The average Bonchev–Trinajstić information content (AvgIpc) is 2.16. The SMILES string of the molecule is C=C(C)C(=O)OCC.CC(C)N(C(C)C)C(C)C. The molecule has 0 bridgehead atoms. The third kappa shape index (κ3) is 9.23. The van der Waals surface area contributed by atoms with Crippen LogP contribution in [-0.4, -0.2) is 35.6 Å². The summed E-state index contributed by atoms with van der Waals surface area (Å²) in [5, 5.41) is 0. The summed E-state index contributed by atoms with van der Waals surface area (Å²) in [6, 6.07) is 2.00. The third-order valence-corrected chi connectivity index (χ3v) is 2.41. The smallest absolute Gasteiger partial charge is 0.333 e. The molecule has 0 N–H and O–H groups in total. The lowest BCUT2D eigenvalue weighted by molar-refractivity contribution is -0.138. The van der Waals surface area contributed by atoms with Crippen molar-refractivity contribution >= 4 is 5.97 Å². The quantitative estimate of drug-likeness (QED) is 0.556. The predicted molar refractivity (Wildman–Crippen MR) is 78.7 cm³/mol. The molecule has 0 aliphatic heterocycles. The van der Waals surface area contributed by atoms with Gasteiger partial charge >= 0.3 is 5.97 Å². The first-order valence-electron chi connectivity index (χ1n) is 6.75. The molecule has 0 unspecified atom stereocenters. The molecule has 0 aliphatic carbocycles. The van der Waals surface area contributed by atoms with E-state index >= 15 is 0 Å². The highest BCUT2D eigenvalue weighted by molar-refractivity contribution is 5.86. The minimum Gasteiger partial charge on any atom is -0.463 e. The summed E-state index contributed by atoms with van der Waals surface area (Å²) in [7, 11) is 0. The summed E-state index contributed by atoms with van der Waals surface area (Å²) in [4.78, 5) is 12.9. The van der Waals surface area contributed by atoms with Crippen LogP contribution in [0, 0.1) is 0 Å². The summed E-state index contributed by atoms with van der Waals surface area (Å²) in [6.07, 6.45) is 0. The first-order valence-corrected chi connectivity index (χ1v) is 6.75. The molecule has 0 fully saturated rings. The molecule has 0 aromatic carbocycles. The number of esters is 1. The highest BCUT2D eigenvalue weighted by Crippen LogP contribution is 2.09. The summed E-state index contributed by atoms with van der Waals surface area (Å²) in [6.45, 7) is 20.7. The van der Waals surface area contributed by atoms with E-state index in [-0.39, 0.29) is 5.97 Å². The van der Waals surface area contributed by atoms with Crippen LogP contribution in [0.5, 0.6) is 0 Å². The molecule has 0 saturated carbocycles. The molecule has 3 nitrogen and oxygen atoms in total. The highest BCUT2D eigenvalue weighted by Gasteiger charge is 2.15. The van der Waals surface area contributed by atoms with Crippen LogP contribution < -0.4 is 0 Å². The first-order chi connectivity index (χ1) is 8.14. The Morgan fingerprint density at radius 2 is 1.39 bits per heavy atom. The van der Waals surface area contributed by atoms with Crippen LogP contribution >= 0.6 is 0 Å². The van der Waals surface area contributed by atoms with Crippen LogP contribution in [-0.2, 0) is 9.53 Å². The van der Waals surface area contributed by atoms with E-state index in [1.807, 2.05) is 0 Å². The monoisotopic (exact) mass is 257 g/mol. The number of carbonyl (C=O) groups excluding carboxylic acids is 1. The van der Waals surface area contributed by atoms with Crippen LogP contribution in [0.3, 0.4) is 0 Å². The van der Waals surface area contributed by atoms with E-state index in [4.69, 9.17) is 0 Å². The standard InChI is InChI=1S/C9H21N.C6H10O2/c1-7(2)10(8(3)4)9(5)6;1-4-8-6(7)5(2)3/h7-9H,1-6H3;2,4H2,1,3H3. The van der Waals surface area contributed by atoms with E-state index in [1.54, 1.807) is 13.8 Å². The molecule has 0 atom stereocenters. The topological polar surface area (TPSA) is 29.5 Å². The van der Waals surface area contributed by atoms with Crippen molar-refractivity contribution in [3.05, 3.63) is 12.2 Å². The predicted octanol–water partition coefficient (Wildman–Crippen LogP) is 3.64. The number of rotatable bonds is 5. The Hall–Kier alpha value is -0.830. The largest absolute Gasteiger partial charge is 0.463 e. The minimum absolute atomic E-state index is 0.312. The zero-order valence-electron chi connectivity index (χ0n) is 13.4. The molecule has 0 spiro atoms. The molecule has 0 aromatic heterocycles. The third-order valence-electron chi connectivity index (χ3n) is 2.41. The maximum absolute atomic E-state index is 10.4. The van der Waals surface area contributed by atoms with Gasteiger partial charge < -0.3 is 4.74 Å². The summed E-state index contributed by atoms with van der Waals surface area (Å²) >= 11 is 0. The van der Waals surface area contributed by atoms with Gasteiger partial charge in [-0.05, 0) is 55.4 Å². The lowest BCUT2D eigenvalue weighted by Crippen LogP contribution is -2.42. The van der Waals surface area contributed by atoms with Crippen molar-refractivity contribution in [2.75, 3.05) is 6.61 Å². The van der Waals surface area contributed by atoms with Crippen molar-refractivity contribution in [2.24, 2.45) is 0 Å². The summed E-state index contributed by atoms with van der Waals surface area (Å²) in [5.74, 6) is -0.312. The average molecular weight is 257 g/mol. The van der Waals surface area contributed by atoms with Gasteiger partial charge in [0.25, 0.3) is 0 Å². The first kappa shape index (κ1) is 19.5. The van der Waals surface area contributed by atoms with Crippen LogP contribution in [0.4, 0.5) is 0 Å². The summed E-state index contributed by atoms with van der Waals surface area (Å²) < 4.78 is 4.56. The van der Waals surface area contributed by atoms with Gasteiger partial charge in [-0.3, -0.25) is 4.90 Å². The van der Waals surface area contributed by atoms with Crippen molar-refractivity contribution < 1.29 is 9.53 Å². The molecule has 3 heteroatoms. The van der Waals surface area contributed by atoms with Gasteiger partial charge in [-0.2, -0.15) is 0 Å². The van der Waals surface area contributed by atoms with Crippen LogP contribution in [0.2, 0.25) is 0 Å². The van der Waals surface area contributed by atoms with E-state index in [0.29, 0.717) is 30.3 Å². The molecule has 18 heavy (non-hydrogen) atoms. The maximum Gasteiger partial charge on any atom is 0.333 e. The molecule has 0 rings (SSSR count). The molecule has 0 saturated heterocycles. The lowest BCUT2D eigenvalue weighted by Gasteiger charge is -2.34. The van der Waals surface area contributed by atoms with Crippen molar-refractivity contribution in [3.8, 4) is 0 Å². The highest BCUT2D eigenvalue weighted by atomic mass is 16.5. The maximum atomic E-state index is 10.4. The van der Waals surface area contributed by atoms with Crippen LogP contribution in [0.1, 0.15) is 55.4 Å². The number of nitrogens with zero attached hydrogens (tertiary/aromatic N) is 1. The molecular formula is C15H31NO2. The lowest BCUT2D eigenvalue weighted by atomic mass is 10.2. The second kappa shape index (κ2) is 10.1. The Balaban J connectivity index is 0. The summed E-state index contributed by atoms with van der Waals surface area (Å²) in [5.41, 5.74) is 0.451. The van der Waals surface area contributed by atoms with E-state index in [9.17, 15) is 4.79 Å². The van der Waals surface area contributed by atoms with Gasteiger partial charge in [-0.15, -0.1) is 0 Å². The zero-order chi connectivity index (χ0) is 14.9. The Labute approximate surface area is 113 Å². The number of hydrogen-bond acceptors (Lipinski definition) is 3.